The van der Waals surface area contributed by atoms with Crippen molar-refractivity contribution >= 4 is 99.1 Å². The van der Waals surface area contributed by atoms with E-state index in [1.54, 1.807) is 56.9 Å². The zero-order chi connectivity index (χ0) is 91.5. The van der Waals surface area contributed by atoms with E-state index < -0.39 is 33.3 Å². The average Bonchev–Trinajstić information content (AvgIpc) is 1.71. The quantitative estimate of drug-likeness (QED) is 0.0260. The number of para-hydroxylation sites is 2. The molecule has 12 aromatic carbocycles. The summed E-state index contributed by atoms with van der Waals surface area (Å²) in [5.74, 6) is 8.59. The largest absolute Gasteiger partial charge is 0.530 e. The Hall–Kier alpha value is -12.0. The Labute approximate surface area is 766 Å². The summed E-state index contributed by atoms with van der Waals surface area (Å²) in [6, 6.07) is 63.2. The van der Waals surface area contributed by atoms with E-state index in [0.29, 0.717) is 136 Å². The monoisotopic (exact) mass is 1830 g/mol. The second kappa shape index (κ2) is 44.5. The minimum atomic E-state index is -2.12. The molecule has 0 N–H and O–H groups in total. The summed E-state index contributed by atoms with van der Waals surface area (Å²) in [6.07, 6.45) is 19.9. The molecule has 0 saturated carbocycles. The Morgan fingerprint density at radius 3 is 0.792 bits per heavy atom. The molecule has 0 aliphatic rings. The van der Waals surface area contributed by atoms with Crippen LogP contribution in [0.2, 0.25) is 0 Å². The molecule has 682 valence electrons. The third-order valence-corrected chi connectivity index (χ3v) is 27.2. The molecule has 0 bridgehead atoms. The smallest absolute Gasteiger partial charge is 0.497 e. The average molecular weight is 1840 g/mol. The van der Waals surface area contributed by atoms with E-state index in [0.717, 1.165) is 89.7 Å². The highest BCUT2D eigenvalue weighted by Gasteiger charge is 2.30. The van der Waals surface area contributed by atoms with Crippen LogP contribution in [-0.4, -0.2) is 56.9 Å². The highest BCUT2D eigenvalue weighted by atomic mass is 31.2. The summed E-state index contributed by atoms with van der Waals surface area (Å²) < 4.78 is 128. The van der Waals surface area contributed by atoms with Crippen molar-refractivity contribution in [3.05, 3.63) is 250 Å². The number of fused-ring (bicyclic) bond motifs is 9. The molecule has 0 aliphatic carbocycles. The van der Waals surface area contributed by atoms with Gasteiger partial charge in [-0.2, -0.15) is 0 Å². The molecule has 3 heterocycles. The van der Waals surface area contributed by atoms with Crippen molar-refractivity contribution in [2.24, 2.45) is 0 Å². The molecule has 20 nitrogen and oxygen atoms in total. The first-order valence-corrected chi connectivity index (χ1v) is 48.8. The molecule has 3 aromatic heterocycles. The molecular formula is C106H118O20P4. The van der Waals surface area contributed by atoms with E-state index in [-0.39, 0.29) is 0 Å². The van der Waals surface area contributed by atoms with E-state index in [1.807, 2.05) is 225 Å². The molecule has 0 aliphatic heterocycles. The number of hydrogen-bond acceptors (Lipinski definition) is 20. The fourth-order valence-corrected chi connectivity index (χ4v) is 20.9. The lowest BCUT2D eigenvalue weighted by atomic mass is 9.98. The topological polar surface area (TPSA) is 208 Å². The van der Waals surface area contributed by atoms with Gasteiger partial charge in [-0.1, -0.05) is 152 Å². The van der Waals surface area contributed by atoms with Crippen molar-refractivity contribution in [3.8, 4) is 103 Å². The van der Waals surface area contributed by atoms with Crippen molar-refractivity contribution in [3.63, 3.8) is 0 Å². The maximum Gasteiger partial charge on any atom is 0.530 e. The standard InChI is InChI=1S/C62H78O10P2.C44H40O10P2/c1-11-13-15-17-19-21-23-25-47-27-31-49(32-28-47)67-73(68-50-33-29-48(30-34-50)26-24-22-20-18-16-14-12-2)69-59-43(3)35-51(63-7)39-55(59)56-40-52(64-8)36-44(4)60(56)70-74-71-61-45(5)37-53(65-9)41-57(61)58-42-54(66-10)38-46(6)62(58)72-74;1-25-17-29(45-5)21-35(41(25)51-55-49-39-15-11-9-13-33(39)34-14-10-12-16-40(34)50-55)36-22-30(46-6)18-26(2)42(36)52-56-53-43-27(3)19-31(47-7)23-37(43)38-24-32(48-8)20-28(4)44(38)54-56/h27-42H,11-26H2,1-10H3;9-24H,1-8H3. The van der Waals surface area contributed by atoms with Gasteiger partial charge in [0.2, 0.25) is 0 Å². The van der Waals surface area contributed by atoms with Gasteiger partial charge in [0.25, 0.3) is 0 Å². The van der Waals surface area contributed by atoms with Gasteiger partial charge in [0, 0.05) is 54.6 Å². The third kappa shape index (κ3) is 22.7. The van der Waals surface area contributed by atoms with Gasteiger partial charge < -0.3 is 90.2 Å². The number of benzene rings is 12. The van der Waals surface area contributed by atoms with Crippen LogP contribution in [0.25, 0.3) is 88.1 Å². The zero-order valence-corrected chi connectivity index (χ0v) is 81.3. The van der Waals surface area contributed by atoms with Gasteiger partial charge in [0.05, 0.1) is 56.9 Å². The number of unbranched alkanes of at least 4 members (excludes halogenated alkanes) is 12. The molecule has 130 heavy (non-hydrogen) atoms. The Kier molecular flexibility index (Phi) is 32.2. The van der Waals surface area contributed by atoms with Crippen LogP contribution in [-0.2, 0) is 12.8 Å². The van der Waals surface area contributed by atoms with E-state index in [2.05, 4.69) is 38.1 Å². The molecule has 15 rings (SSSR count). The van der Waals surface area contributed by atoms with Crippen molar-refractivity contribution < 1.29 is 90.2 Å². The first kappa shape index (κ1) is 94.1. The summed E-state index contributed by atoms with van der Waals surface area (Å²) in [4.78, 5) is 0. The molecule has 24 heteroatoms. The van der Waals surface area contributed by atoms with Gasteiger partial charge in [-0.25, -0.2) is 0 Å². The van der Waals surface area contributed by atoms with Crippen molar-refractivity contribution in [2.45, 2.75) is 172 Å². The van der Waals surface area contributed by atoms with Crippen LogP contribution in [0.15, 0.2) is 219 Å². The molecule has 0 atom stereocenters. The molecule has 0 amide bonds. The molecule has 0 spiro atoms. The minimum Gasteiger partial charge on any atom is -0.497 e. The fraction of sp³-hybridized carbons (Fsp3) is 0.321. The second-order valence-corrected chi connectivity index (χ2v) is 36.6. The number of hydrogen-bond donors (Lipinski definition) is 0. The van der Waals surface area contributed by atoms with Gasteiger partial charge in [-0.15, -0.1) is 0 Å². The third-order valence-electron chi connectivity index (χ3n) is 23.1. The predicted octanol–water partition coefficient (Wildman–Crippen LogP) is 32.9. The molecule has 0 saturated heterocycles. The van der Waals surface area contributed by atoms with Crippen LogP contribution >= 0.6 is 33.3 Å². The Bertz CT molecular complexity index is 6330. The normalized spacial score (nSPS) is 11.3. The first-order chi connectivity index (χ1) is 63.2. The maximum absolute atomic E-state index is 7.07. The van der Waals surface area contributed by atoms with Gasteiger partial charge in [-0.3, -0.25) is 0 Å². The van der Waals surface area contributed by atoms with E-state index >= 15 is 0 Å². The summed E-state index contributed by atoms with van der Waals surface area (Å²) in [5.41, 5.74) is 15.6. The second-order valence-electron chi connectivity index (χ2n) is 32.6. The van der Waals surface area contributed by atoms with Crippen LogP contribution in [0.5, 0.6) is 80.5 Å². The molecule has 0 radical (unpaired) electrons. The lowest BCUT2D eigenvalue weighted by Crippen LogP contribution is -2.05. The Morgan fingerprint density at radius 2 is 0.492 bits per heavy atom. The van der Waals surface area contributed by atoms with Crippen molar-refractivity contribution in [1.82, 2.24) is 0 Å². The minimum absolute atomic E-state index is 0.503. The maximum atomic E-state index is 7.07. The molecule has 0 fully saturated rings. The summed E-state index contributed by atoms with van der Waals surface area (Å²) in [6.45, 7) is 20.3. The molecular weight excluding hydrogens is 1720 g/mol. The van der Waals surface area contributed by atoms with Crippen LogP contribution in [0.1, 0.15) is 159 Å². The zero-order valence-electron chi connectivity index (χ0n) is 77.7. The van der Waals surface area contributed by atoms with Crippen LogP contribution < -0.4 is 65.0 Å². The number of aryl methyl sites for hydroxylation is 10. The van der Waals surface area contributed by atoms with Crippen LogP contribution in [0, 0.1) is 55.4 Å². The van der Waals surface area contributed by atoms with Crippen molar-refractivity contribution in [2.75, 3.05) is 56.9 Å². The first-order valence-electron chi connectivity index (χ1n) is 44.4. The van der Waals surface area contributed by atoms with Gasteiger partial charge in [0.1, 0.15) is 114 Å². The van der Waals surface area contributed by atoms with E-state index in [9.17, 15) is 0 Å². The highest BCUT2D eigenvalue weighted by molar-refractivity contribution is 7.43. The number of ether oxygens (including phenoxy) is 8. The van der Waals surface area contributed by atoms with E-state index in [4.69, 9.17) is 90.2 Å². The number of rotatable bonds is 38. The summed E-state index contributed by atoms with van der Waals surface area (Å²) in [7, 11) is 4.86. The predicted molar refractivity (Wildman–Crippen MR) is 526 cm³/mol. The SMILES string of the molecule is CCCCCCCCCc1ccc(OP(Oc2ccc(CCCCCCCCC)cc2)Oc2c(C)cc(OC)cc2-c2cc(OC)cc(C)c2Op2oc3c(C)cc(OC)cc3c3cc(OC)cc(C)c3o2)cc1.COc1cc(C)c(Op2oc3ccccc3c3ccccc3o2)c(-c2cc(OC)cc(C)c2Op2oc3c(C)cc(OC)cc3c3cc(OC)cc(C)c3o2)c1. The van der Waals surface area contributed by atoms with Crippen molar-refractivity contribution in [1.29, 1.82) is 0 Å². The Balaban J connectivity index is 0.000000217. The Morgan fingerprint density at radius 1 is 0.238 bits per heavy atom. The number of methoxy groups -OCH3 is 8. The summed E-state index contributed by atoms with van der Waals surface area (Å²) >= 11 is 0. The summed E-state index contributed by atoms with van der Waals surface area (Å²) in [5, 5.41) is 5.03. The lowest BCUT2D eigenvalue weighted by molar-refractivity contribution is 0.385. The van der Waals surface area contributed by atoms with Gasteiger partial charge >= 0.3 is 33.3 Å². The molecule has 0 unspecified atom stereocenters. The van der Waals surface area contributed by atoms with E-state index in [1.165, 1.54) is 101 Å². The van der Waals surface area contributed by atoms with Gasteiger partial charge in [0.15, 0.2) is 0 Å². The molecule has 15 aromatic rings. The van der Waals surface area contributed by atoms with Crippen LogP contribution in [0.3, 0.4) is 0 Å². The lowest BCUT2D eigenvalue weighted by Gasteiger charge is -2.23. The van der Waals surface area contributed by atoms with Crippen LogP contribution in [0.4, 0.5) is 0 Å². The fourth-order valence-electron chi connectivity index (χ4n) is 16.1. The van der Waals surface area contributed by atoms with Gasteiger partial charge in [-0.05, 0) is 270 Å². The highest BCUT2D eigenvalue weighted by Crippen LogP contribution is 2.55.